The predicted molar refractivity (Wildman–Crippen MR) is 355 cm³/mol. The highest BCUT2D eigenvalue weighted by Gasteiger charge is 2.55. The van der Waals surface area contributed by atoms with Gasteiger partial charge in [-0.15, -0.1) is 40.0 Å². The van der Waals surface area contributed by atoms with Gasteiger partial charge in [0.1, 0.15) is 62.5 Å². The molecule has 92 heavy (non-hydrogen) atoms. The number of thiazole rings is 1. The van der Waals surface area contributed by atoms with Gasteiger partial charge in [0.2, 0.25) is 0 Å². The number of aromatic nitrogens is 3. The number of thioether (sulfide) groups is 2. The van der Waals surface area contributed by atoms with E-state index in [4.69, 9.17) is 43.7 Å². The lowest BCUT2D eigenvalue weighted by molar-refractivity contribution is -0.153. The molecular formula is C70H60N8O10S4. The second-order valence-electron chi connectivity index (χ2n) is 21.3. The van der Waals surface area contributed by atoms with E-state index in [-0.39, 0.29) is 36.0 Å². The normalized spacial score (nSPS) is 16.8. The number of hydrogen-bond acceptors (Lipinski definition) is 20. The summed E-state index contributed by atoms with van der Waals surface area (Å²) in [5.74, 6) is -0.586. The summed E-state index contributed by atoms with van der Waals surface area (Å²) in [6.07, 6.45) is -0.800. The zero-order chi connectivity index (χ0) is 63.4. The number of β-lactam (4-membered cyclic amide) rings is 1. The van der Waals surface area contributed by atoms with E-state index in [2.05, 4.69) is 20.2 Å². The fourth-order valence-corrected chi connectivity index (χ4v) is 14.5. The summed E-state index contributed by atoms with van der Waals surface area (Å²) in [7, 11) is 3.14. The Bertz CT molecular complexity index is 4030. The van der Waals surface area contributed by atoms with Crippen molar-refractivity contribution in [3.05, 3.63) is 279 Å². The summed E-state index contributed by atoms with van der Waals surface area (Å²) in [5.41, 5.74) is 5.43. The summed E-state index contributed by atoms with van der Waals surface area (Å²) in [6.45, 7) is 1.58. The van der Waals surface area contributed by atoms with Gasteiger partial charge in [-0.1, -0.05) is 186 Å². The molecule has 7 aromatic carbocycles. The second-order valence-corrected chi connectivity index (χ2v) is 25.3. The van der Waals surface area contributed by atoms with Gasteiger partial charge in [0, 0.05) is 28.7 Å². The van der Waals surface area contributed by atoms with Gasteiger partial charge in [0.25, 0.3) is 18.1 Å². The number of fused-ring (bicyclic) bond motifs is 1. The number of ketones is 1. The van der Waals surface area contributed by atoms with Gasteiger partial charge in [-0.05, 0) is 87.2 Å². The Morgan fingerprint density at radius 3 is 1.86 bits per heavy atom. The van der Waals surface area contributed by atoms with E-state index >= 15 is 4.79 Å². The van der Waals surface area contributed by atoms with Gasteiger partial charge in [-0.2, -0.15) is 0 Å². The van der Waals surface area contributed by atoms with Crippen molar-refractivity contribution < 1.29 is 47.7 Å². The summed E-state index contributed by atoms with van der Waals surface area (Å²) in [4.78, 5) is 77.3. The molecule has 2 N–H and O–H groups in total. The highest BCUT2D eigenvalue weighted by Crippen LogP contribution is 2.44. The molecule has 18 nitrogen and oxygen atoms in total. The van der Waals surface area contributed by atoms with Crippen molar-refractivity contribution >= 4 is 86.5 Å². The average molecular weight is 1300 g/mol. The van der Waals surface area contributed by atoms with Crippen LogP contribution in [-0.2, 0) is 57.0 Å². The lowest BCUT2D eigenvalue weighted by atomic mass is 9.77. The van der Waals surface area contributed by atoms with Crippen molar-refractivity contribution in [2.75, 3.05) is 31.0 Å². The third-order valence-electron chi connectivity index (χ3n) is 15.4. The topological polar surface area (TPSA) is 214 Å². The molecule has 2 aromatic heterocycles. The number of hydrogen-bond donors (Lipinski definition) is 2. The second kappa shape index (κ2) is 29.2. The molecule has 464 valence electrons. The van der Waals surface area contributed by atoms with Crippen LogP contribution in [0.3, 0.4) is 0 Å². The maximum Gasteiger partial charge on any atom is 0.355 e. The highest BCUT2D eigenvalue weighted by atomic mass is 32.2. The molecule has 0 saturated carbocycles. The molecule has 9 aromatic rings. The van der Waals surface area contributed by atoms with Crippen molar-refractivity contribution in [1.82, 2.24) is 24.8 Å². The fourth-order valence-electron chi connectivity index (χ4n) is 10.8. The molecule has 1 fully saturated rings. The predicted octanol–water partition coefficient (Wildman–Crippen LogP) is 12.0. The first kappa shape index (κ1) is 62.6. The van der Waals surface area contributed by atoms with E-state index in [9.17, 15) is 14.4 Å². The zero-order valence-electron chi connectivity index (χ0n) is 49.9. The number of carbonyl (C=O) groups excluding carboxylic acids is 4. The van der Waals surface area contributed by atoms with Crippen molar-refractivity contribution in [2.24, 2.45) is 10.1 Å². The van der Waals surface area contributed by atoms with Crippen LogP contribution in [0.5, 0.6) is 11.5 Å². The Morgan fingerprint density at radius 1 is 0.739 bits per heavy atom. The number of methoxy groups -OCH3 is 2. The number of ether oxygens (including phenoxy) is 5. The van der Waals surface area contributed by atoms with E-state index in [1.54, 1.807) is 69.1 Å². The van der Waals surface area contributed by atoms with Crippen molar-refractivity contribution in [3.8, 4) is 11.5 Å². The first-order valence-electron chi connectivity index (χ1n) is 29.2. The van der Waals surface area contributed by atoms with E-state index in [1.807, 2.05) is 164 Å². The van der Waals surface area contributed by atoms with Crippen LogP contribution >= 0.6 is 46.4 Å². The molecule has 2 amide bonds. The molecule has 0 aliphatic carbocycles. The molecule has 12 rings (SSSR count). The number of anilines is 1. The van der Waals surface area contributed by atoms with E-state index < -0.39 is 59.0 Å². The van der Waals surface area contributed by atoms with Crippen LogP contribution in [0.15, 0.2) is 249 Å². The summed E-state index contributed by atoms with van der Waals surface area (Å²) < 4.78 is 35.0. The minimum absolute atomic E-state index is 0.0186. The molecule has 3 aliphatic heterocycles. The van der Waals surface area contributed by atoms with Crippen LogP contribution in [0.2, 0.25) is 0 Å². The Balaban J connectivity index is 0.931. The molecule has 3 aliphatic rings. The van der Waals surface area contributed by atoms with Gasteiger partial charge in [-0.25, -0.2) is 9.78 Å². The molecule has 5 heterocycles. The monoisotopic (exact) mass is 1300 g/mol. The van der Waals surface area contributed by atoms with E-state index in [0.29, 0.717) is 45.0 Å². The lowest BCUT2D eigenvalue weighted by Crippen LogP contribution is -2.71. The number of nitrogens with one attached hydrogen (secondary N) is 2. The van der Waals surface area contributed by atoms with Gasteiger partial charge in [0.05, 0.1) is 27.0 Å². The average Bonchev–Trinajstić information content (AvgIpc) is 0.826. The SMILES string of the molecule is COc1ccc(COC(=O)C2=C(CSc3cnns3)CS[C@H]3C(NC(=O)/C(=N\OC(OC(c4ccccc4)c4ccccc4)C4=NC(C)=CC(=O)C4OCc4ccc(OC)cc4)c4csc(NC(c5ccccc5)(c5ccccc5)c5ccccc5)n4)C(=O)N23)cc1. The summed E-state index contributed by atoms with van der Waals surface area (Å²) >= 11 is 5.27. The molecule has 0 radical (unpaired) electrons. The maximum atomic E-state index is 15.6. The fraction of sp³-hybridized carbons (Fsp3) is 0.186. The number of rotatable bonds is 26. The standard InChI is InChI=1S/C70H60N8O10S4/c1-44-37-56(79)63(85-39-45-29-33-53(83-2)34-30-45)59(72-44)68(87-62(47-19-9-4-10-20-47)48-21-11-5-12-22-48)88-76-58(55-43-91-69(73-55)75-70(50-23-13-6-14-24-50,51-25-15-7-16-26-51)52-27-17-8-18-28-52)64(80)74-60-65(81)78-61(67(82)86-40-46-31-35-54(84-3)36-32-46)49(42-90-66(60)78)41-89-57-38-71-77-92-57/h4-38,43,60,62-63,66,68H,39-42H2,1-3H3,(H,73,75)(H,74,80)/b76-58-/t60?,63?,66-,68?/m0/s1. The number of allylic oxidation sites excluding steroid dienone is 1. The van der Waals surface area contributed by atoms with Gasteiger partial charge >= 0.3 is 5.97 Å². The van der Waals surface area contributed by atoms with Crippen LogP contribution < -0.4 is 20.1 Å². The molecule has 3 unspecified atom stereocenters. The van der Waals surface area contributed by atoms with Gasteiger partial charge in [0.15, 0.2) is 22.7 Å². The molecule has 0 spiro atoms. The third kappa shape index (κ3) is 14.0. The number of carbonyl (C=O) groups is 4. The molecular weight excluding hydrogens is 1240 g/mol. The van der Waals surface area contributed by atoms with Crippen molar-refractivity contribution in [1.29, 1.82) is 0 Å². The van der Waals surface area contributed by atoms with Gasteiger partial charge in [-0.3, -0.25) is 24.3 Å². The van der Waals surface area contributed by atoms with E-state index in [1.165, 1.54) is 57.4 Å². The van der Waals surface area contributed by atoms with Crippen LogP contribution in [0.4, 0.5) is 5.13 Å². The number of benzene rings is 7. The van der Waals surface area contributed by atoms with Crippen LogP contribution in [0, 0.1) is 0 Å². The lowest BCUT2D eigenvalue weighted by Gasteiger charge is -2.49. The minimum Gasteiger partial charge on any atom is -0.497 e. The van der Waals surface area contributed by atoms with Crippen molar-refractivity contribution in [3.63, 3.8) is 0 Å². The Kier molecular flexibility index (Phi) is 19.9. The third-order valence-corrected chi connectivity index (χ3v) is 19.4. The summed E-state index contributed by atoms with van der Waals surface area (Å²) in [6, 6.07) is 62.1. The van der Waals surface area contributed by atoms with Gasteiger partial charge < -0.3 is 39.2 Å². The molecule has 4 atom stereocenters. The molecule has 0 bridgehead atoms. The van der Waals surface area contributed by atoms with Crippen LogP contribution in [0.25, 0.3) is 0 Å². The van der Waals surface area contributed by atoms with Crippen molar-refractivity contribution in [2.45, 2.75) is 59.8 Å². The molecule has 22 heteroatoms. The number of esters is 1. The summed E-state index contributed by atoms with van der Waals surface area (Å²) in [5, 5.41) is 16.8. The Hall–Kier alpha value is -9.55. The van der Waals surface area contributed by atoms with Crippen LogP contribution in [-0.4, -0.2) is 104 Å². The van der Waals surface area contributed by atoms with E-state index in [0.717, 1.165) is 37.6 Å². The molecule has 1 saturated heterocycles. The number of oxime groups is 1. The quantitative estimate of drug-likeness (QED) is 0.00981. The number of nitrogens with zero attached hydrogens (tertiary/aromatic N) is 6. The first-order valence-corrected chi connectivity index (χ1v) is 32.9. The first-order chi connectivity index (χ1) is 45.1. The Morgan fingerprint density at radius 2 is 1.30 bits per heavy atom. The largest absolute Gasteiger partial charge is 0.497 e. The number of amides is 2. The minimum atomic E-state index is -1.63. The maximum absolute atomic E-state index is 15.6. The smallest absolute Gasteiger partial charge is 0.355 e. The highest BCUT2D eigenvalue weighted by molar-refractivity contribution is 8.01. The Labute approximate surface area is 547 Å². The number of aliphatic imine (C=N–C) groups is 1. The zero-order valence-corrected chi connectivity index (χ0v) is 53.2. The van der Waals surface area contributed by atoms with Crippen LogP contribution in [0.1, 0.15) is 57.7 Å².